The molecule has 3 unspecified atom stereocenters. The van der Waals surface area contributed by atoms with Crippen molar-refractivity contribution in [3.63, 3.8) is 0 Å². The molecule has 0 rings (SSSR count). The van der Waals surface area contributed by atoms with E-state index < -0.39 is 0 Å². The predicted octanol–water partition coefficient (Wildman–Crippen LogP) is 3.47. The highest BCUT2D eigenvalue weighted by molar-refractivity contribution is 6.94. The molecule has 2 nitrogen and oxygen atoms in total. The van der Waals surface area contributed by atoms with Crippen LogP contribution in [-0.2, 0) is 9.47 Å². The van der Waals surface area contributed by atoms with Crippen molar-refractivity contribution in [1.29, 1.82) is 0 Å². The lowest BCUT2D eigenvalue weighted by Crippen LogP contribution is -2.12. The number of methoxy groups -OCH3 is 1. The Labute approximate surface area is 108 Å². The van der Waals surface area contributed by atoms with E-state index in [1.165, 1.54) is 12.8 Å². The predicted molar refractivity (Wildman–Crippen MR) is 66.5 cm³/mol. The van der Waals surface area contributed by atoms with E-state index in [0.29, 0.717) is 12.9 Å². The van der Waals surface area contributed by atoms with Crippen molar-refractivity contribution in [2.24, 2.45) is 5.92 Å². The van der Waals surface area contributed by atoms with Crippen molar-refractivity contribution in [2.45, 2.75) is 50.2 Å². The van der Waals surface area contributed by atoms with Crippen molar-refractivity contribution in [2.75, 3.05) is 13.9 Å². The summed E-state index contributed by atoms with van der Waals surface area (Å²) in [6.07, 6.45) is 3.91. The second kappa shape index (κ2) is 10.2. The van der Waals surface area contributed by atoms with Gasteiger partial charge in [0.25, 0.3) is 0 Å². The fourth-order valence-corrected chi connectivity index (χ4v) is 2.73. The summed E-state index contributed by atoms with van der Waals surface area (Å²) >= 11 is -0.333. The normalized spacial score (nSPS) is 16.9. The molecule has 0 spiro atoms. The molecule has 3 atom stereocenters. The van der Waals surface area contributed by atoms with Crippen LogP contribution < -0.4 is 0 Å². The van der Waals surface area contributed by atoms with E-state index in [9.17, 15) is 0 Å². The monoisotopic (exact) mass is 246 g/mol. The molecule has 0 heterocycles. The van der Waals surface area contributed by atoms with Crippen molar-refractivity contribution in [3.8, 4) is 0 Å². The molecular weight excluding hydrogens is 224 g/mol. The zero-order valence-electron chi connectivity index (χ0n) is 10.5. The van der Waals surface area contributed by atoms with Crippen molar-refractivity contribution < 1.29 is 9.47 Å². The first-order valence-electron chi connectivity index (χ1n) is 5.76. The van der Waals surface area contributed by atoms with Crippen LogP contribution in [0.1, 0.15) is 40.0 Å². The highest BCUT2D eigenvalue weighted by Crippen LogP contribution is 2.21. The van der Waals surface area contributed by atoms with Gasteiger partial charge in [-0.15, -0.1) is 4.05 Å². The molecule has 0 aliphatic heterocycles. The quantitative estimate of drug-likeness (QED) is 0.458. The van der Waals surface area contributed by atoms with Crippen LogP contribution in [0, 0.1) is 5.92 Å². The summed E-state index contributed by atoms with van der Waals surface area (Å²) in [7, 11) is 7.58. The molecule has 0 saturated carbocycles. The largest absolute Gasteiger partial charge is 0.504 e. The Balaban J connectivity index is 3.47. The number of halogens is 1. The van der Waals surface area contributed by atoms with Gasteiger partial charge in [-0.05, 0) is 25.7 Å². The summed E-state index contributed by atoms with van der Waals surface area (Å²) in [5.41, 5.74) is 0. The zero-order valence-corrected chi connectivity index (χ0v) is 12.6. The van der Waals surface area contributed by atoms with Gasteiger partial charge in [0.1, 0.15) is 6.79 Å². The van der Waals surface area contributed by atoms with E-state index in [0.717, 1.165) is 16.4 Å². The summed E-state index contributed by atoms with van der Waals surface area (Å²) in [6, 6.07) is 0. The van der Waals surface area contributed by atoms with Crippen molar-refractivity contribution in [3.05, 3.63) is 0 Å². The molecule has 0 aliphatic carbocycles. The van der Waals surface area contributed by atoms with Crippen LogP contribution in [0.5, 0.6) is 0 Å². The number of hydrogen-bond donors (Lipinski definition) is 0. The van der Waals surface area contributed by atoms with Crippen molar-refractivity contribution in [1.82, 2.24) is 0 Å². The van der Waals surface area contributed by atoms with Gasteiger partial charge in [0.15, 0.2) is 0 Å². The molecule has 88 valence electrons. The Kier molecular flexibility index (Phi) is 10.8. The molecule has 0 N–H and O–H groups in total. The first-order chi connectivity index (χ1) is 7.10. The minimum atomic E-state index is -0.333. The lowest BCUT2D eigenvalue weighted by Gasteiger charge is -2.18. The summed E-state index contributed by atoms with van der Waals surface area (Å²) in [5, 5.41) is 0. The minimum absolute atomic E-state index is 0.302. The number of rotatable bonds is 9. The third kappa shape index (κ3) is 9.88. The van der Waals surface area contributed by atoms with E-state index >= 15 is 0 Å². The first-order valence-corrected chi connectivity index (χ1v) is 8.72. The lowest BCUT2D eigenvalue weighted by atomic mass is 9.98. The second-order valence-electron chi connectivity index (χ2n) is 4.56. The average Bonchev–Trinajstić information content (AvgIpc) is 2.23. The smallest absolute Gasteiger partial charge is 0.359 e. The highest BCUT2D eigenvalue weighted by atomic mass is 35.5. The third-order valence-electron chi connectivity index (χ3n) is 2.60. The summed E-state index contributed by atoms with van der Waals surface area (Å²) in [6.45, 7) is 7.08. The van der Waals surface area contributed by atoms with E-state index in [4.69, 9.17) is 18.5 Å². The van der Waals surface area contributed by atoms with Crippen LogP contribution in [-0.4, -0.2) is 39.3 Å². The number of hydrogen-bond acceptors (Lipinski definition) is 2. The third-order valence-corrected chi connectivity index (χ3v) is 5.05. The van der Waals surface area contributed by atoms with Gasteiger partial charge in [-0.3, -0.25) is 0 Å². The van der Waals surface area contributed by atoms with Gasteiger partial charge in [-0.2, -0.15) is 0 Å². The van der Waals surface area contributed by atoms with E-state index in [1.54, 1.807) is 7.11 Å². The molecule has 0 aromatic heterocycles. The molecule has 0 bridgehead atoms. The van der Waals surface area contributed by atoms with Crippen LogP contribution in [0.2, 0.25) is 4.05 Å². The van der Waals surface area contributed by atoms with Gasteiger partial charge in [0, 0.05) is 7.11 Å². The minimum Gasteiger partial charge on any atom is -0.359 e. The number of ether oxygens (including phenoxy) is 2. The van der Waals surface area contributed by atoms with Crippen LogP contribution in [0.4, 0.5) is 0 Å². The van der Waals surface area contributed by atoms with Gasteiger partial charge in [-0.1, -0.05) is 20.3 Å². The molecule has 0 aliphatic rings. The Morgan fingerprint density at radius 1 is 1.20 bits per heavy atom. The topological polar surface area (TPSA) is 18.5 Å². The molecule has 0 radical (unpaired) electrons. The van der Waals surface area contributed by atoms with Gasteiger partial charge in [0.05, 0.1) is 6.10 Å². The van der Waals surface area contributed by atoms with Gasteiger partial charge < -0.3 is 18.5 Å². The van der Waals surface area contributed by atoms with E-state index in [1.807, 2.05) is 0 Å². The SMILES string of the molecule is COCOC(C)CCC(C)C[CH](C)[Mg][Cl]. The molecule has 0 aromatic rings. The van der Waals surface area contributed by atoms with Gasteiger partial charge >= 0.3 is 19.3 Å². The van der Waals surface area contributed by atoms with Gasteiger partial charge in [0.2, 0.25) is 0 Å². The Bertz CT molecular complexity index is 147. The Morgan fingerprint density at radius 3 is 2.40 bits per heavy atom. The molecule has 15 heavy (non-hydrogen) atoms. The summed E-state index contributed by atoms with van der Waals surface area (Å²) in [4.78, 5) is 0. The second-order valence-corrected chi connectivity index (χ2v) is 7.19. The molecule has 0 amide bonds. The maximum absolute atomic E-state index is 5.92. The lowest BCUT2D eigenvalue weighted by molar-refractivity contribution is -0.0687. The molecular formula is C11H23ClMgO2. The van der Waals surface area contributed by atoms with Crippen LogP contribution in [0.25, 0.3) is 0 Å². The van der Waals surface area contributed by atoms with Gasteiger partial charge in [-0.25, -0.2) is 0 Å². The average molecular weight is 247 g/mol. The van der Waals surface area contributed by atoms with Crippen molar-refractivity contribution >= 4 is 28.3 Å². The molecule has 0 aromatic carbocycles. The maximum atomic E-state index is 5.92. The van der Waals surface area contributed by atoms with Crippen LogP contribution in [0.15, 0.2) is 0 Å². The molecule has 0 fully saturated rings. The zero-order chi connectivity index (χ0) is 11.7. The fourth-order valence-electron chi connectivity index (χ4n) is 1.65. The molecule has 0 saturated heterocycles. The molecule has 4 heteroatoms. The Morgan fingerprint density at radius 2 is 1.87 bits per heavy atom. The van der Waals surface area contributed by atoms with E-state index in [2.05, 4.69) is 20.8 Å². The van der Waals surface area contributed by atoms with Crippen LogP contribution in [0.3, 0.4) is 0 Å². The summed E-state index contributed by atoms with van der Waals surface area (Å²) in [5.74, 6) is 0.764. The van der Waals surface area contributed by atoms with E-state index in [-0.39, 0.29) is 19.3 Å². The summed E-state index contributed by atoms with van der Waals surface area (Å²) < 4.78 is 11.1. The first kappa shape index (κ1) is 16.0. The highest BCUT2D eigenvalue weighted by Gasteiger charge is 2.11. The standard InChI is InChI=1S/C11H23O2.ClH.Mg/c1-5-6-10(2)7-8-11(3)13-9-12-4;;/h5,10-11H,6-9H2,1-4H3;1H;/q;;+1/p-1. The fraction of sp³-hybridized carbons (Fsp3) is 1.00. The van der Waals surface area contributed by atoms with Crippen LogP contribution >= 0.6 is 9.07 Å². The maximum Gasteiger partial charge on any atom is 0.504 e. The Hall–Kier alpha value is 0.976.